The Balaban J connectivity index is 1.98. The molecule has 0 saturated carbocycles. The van der Waals surface area contributed by atoms with Gasteiger partial charge < -0.3 is 4.74 Å². The summed E-state index contributed by atoms with van der Waals surface area (Å²) in [6.45, 7) is 5.41. The Bertz CT molecular complexity index is 69.3. The zero-order valence-corrected chi connectivity index (χ0v) is 5.97. The average Bonchev–Trinajstić information content (AvgIpc) is 2.34. The predicted molar refractivity (Wildman–Crippen MR) is 37.0 cm³/mol. The first-order valence-corrected chi connectivity index (χ1v) is 3.50. The van der Waals surface area contributed by atoms with E-state index in [1.165, 1.54) is 19.4 Å². The van der Waals surface area contributed by atoms with Gasteiger partial charge in [0.15, 0.2) is 0 Å². The third-order valence-corrected chi connectivity index (χ3v) is 1.62. The first-order chi connectivity index (χ1) is 4.43. The molecule has 9 heavy (non-hydrogen) atoms. The second-order valence-corrected chi connectivity index (χ2v) is 2.35. The Kier molecular flexibility index (Phi) is 3.01. The Morgan fingerprint density at radius 3 is 3.11 bits per heavy atom. The van der Waals surface area contributed by atoms with Gasteiger partial charge in [0.25, 0.3) is 0 Å². The van der Waals surface area contributed by atoms with Crippen molar-refractivity contribution in [2.24, 2.45) is 0 Å². The zero-order chi connectivity index (χ0) is 6.53. The van der Waals surface area contributed by atoms with E-state index in [4.69, 9.17) is 4.74 Å². The lowest BCUT2D eigenvalue weighted by Crippen LogP contribution is -2.20. The maximum atomic E-state index is 4.94. The van der Waals surface area contributed by atoms with Crippen molar-refractivity contribution in [3.63, 3.8) is 0 Å². The minimum atomic E-state index is 0.858. The highest BCUT2D eigenvalue weighted by molar-refractivity contribution is 4.75. The van der Waals surface area contributed by atoms with Gasteiger partial charge in [-0.25, -0.2) is 0 Å². The SMILES string of the molecule is COCCN1[CH]CCC1. The number of hydrogen-bond donors (Lipinski definition) is 0. The van der Waals surface area contributed by atoms with Crippen LogP contribution in [-0.2, 0) is 4.74 Å². The molecule has 0 aromatic rings. The van der Waals surface area contributed by atoms with Crippen LogP contribution in [0.15, 0.2) is 0 Å². The summed E-state index contributed by atoms with van der Waals surface area (Å²) < 4.78 is 4.94. The molecule has 0 aromatic carbocycles. The van der Waals surface area contributed by atoms with Gasteiger partial charge in [-0.05, 0) is 19.4 Å². The van der Waals surface area contributed by atoms with Crippen LogP contribution in [0.25, 0.3) is 0 Å². The molecule has 1 fully saturated rings. The van der Waals surface area contributed by atoms with E-state index in [9.17, 15) is 0 Å². The molecule has 1 radical (unpaired) electrons. The van der Waals surface area contributed by atoms with Crippen LogP contribution in [0.1, 0.15) is 12.8 Å². The van der Waals surface area contributed by atoms with E-state index in [1.807, 2.05) is 0 Å². The monoisotopic (exact) mass is 128 g/mol. The molecule has 2 heteroatoms. The van der Waals surface area contributed by atoms with E-state index in [2.05, 4.69) is 11.4 Å². The Hall–Kier alpha value is -0.0800. The number of ether oxygens (including phenoxy) is 1. The summed E-state index contributed by atoms with van der Waals surface area (Å²) in [6, 6.07) is 0. The molecular formula is C7H14NO. The first-order valence-electron chi connectivity index (χ1n) is 3.50. The molecule has 0 spiro atoms. The van der Waals surface area contributed by atoms with E-state index >= 15 is 0 Å². The van der Waals surface area contributed by atoms with Crippen LogP contribution in [0.2, 0.25) is 0 Å². The van der Waals surface area contributed by atoms with Gasteiger partial charge in [0.05, 0.1) is 6.61 Å². The molecule has 2 nitrogen and oxygen atoms in total. The molecule has 1 saturated heterocycles. The molecule has 1 aliphatic heterocycles. The summed E-state index contributed by atoms with van der Waals surface area (Å²) >= 11 is 0. The third-order valence-electron chi connectivity index (χ3n) is 1.62. The Morgan fingerprint density at radius 1 is 1.67 bits per heavy atom. The van der Waals surface area contributed by atoms with Crippen LogP contribution >= 0.6 is 0 Å². The molecule has 0 unspecified atom stereocenters. The van der Waals surface area contributed by atoms with Crippen molar-refractivity contribution in [2.75, 3.05) is 26.8 Å². The average molecular weight is 128 g/mol. The molecule has 0 atom stereocenters. The summed E-state index contributed by atoms with van der Waals surface area (Å²) in [6.07, 6.45) is 2.58. The second kappa shape index (κ2) is 3.85. The summed E-state index contributed by atoms with van der Waals surface area (Å²) in [5.74, 6) is 0. The van der Waals surface area contributed by atoms with Gasteiger partial charge in [-0.1, -0.05) is 0 Å². The van der Waals surface area contributed by atoms with Crippen molar-refractivity contribution in [3.8, 4) is 0 Å². The number of rotatable bonds is 3. The van der Waals surface area contributed by atoms with Crippen LogP contribution in [0.3, 0.4) is 0 Å². The minimum absolute atomic E-state index is 0.858. The summed E-state index contributed by atoms with van der Waals surface area (Å²) in [5, 5.41) is 0. The molecule has 1 rings (SSSR count). The van der Waals surface area contributed by atoms with Crippen molar-refractivity contribution in [2.45, 2.75) is 12.8 Å². The molecule has 0 bridgehead atoms. The van der Waals surface area contributed by atoms with Gasteiger partial charge in [-0.15, -0.1) is 0 Å². The molecule has 0 aromatic heterocycles. The number of likely N-dealkylation sites (tertiary alicyclic amines) is 1. The lowest BCUT2D eigenvalue weighted by Gasteiger charge is -2.11. The van der Waals surface area contributed by atoms with Crippen molar-refractivity contribution < 1.29 is 4.74 Å². The van der Waals surface area contributed by atoms with Gasteiger partial charge in [0.1, 0.15) is 0 Å². The summed E-state index contributed by atoms with van der Waals surface area (Å²) in [5.41, 5.74) is 0. The van der Waals surface area contributed by atoms with Crippen LogP contribution in [0, 0.1) is 6.54 Å². The fourth-order valence-corrected chi connectivity index (χ4v) is 1.07. The standard InChI is InChI=1S/C7H14NO/c1-9-7-6-8-4-2-3-5-8/h4H,2-3,5-7H2,1H3. The number of hydrogen-bond acceptors (Lipinski definition) is 2. The molecule has 0 N–H and O–H groups in total. The maximum Gasteiger partial charge on any atom is 0.0589 e. The largest absolute Gasteiger partial charge is 0.383 e. The van der Waals surface area contributed by atoms with Gasteiger partial charge in [0.2, 0.25) is 0 Å². The third kappa shape index (κ3) is 2.33. The topological polar surface area (TPSA) is 12.5 Å². The van der Waals surface area contributed by atoms with Gasteiger partial charge in [0, 0.05) is 20.2 Å². The van der Waals surface area contributed by atoms with Gasteiger partial charge >= 0.3 is 0 Å². The van der Waals surface area contributed by atoms with Crippen LogP contribution < -0.4 is 0 Å². The molecule has 0 amide bonds. The van der Waals surface area contributed by atoms with E-state index in [-0.39, 0.29) is 0 Å². The quantitative estimate of drug-likeness (QED) is 0.559. The van der Waals surface area contributed by atoms with E-state index < -0.39 is 0 Å². The van der Waals surface area contributed by atoms with E-state index in [0.29, 0.717) is 0 Å². The summed E-state index contributed by atoms with van der Waals surface area (Å²) in [4.78, 5) is 2.32. The van der Waals surface area contributed by atoms with E-state index in [1.54, 1.807) is 7.11 Å². The van der Waals surface area contributed by atoms with E-state index in [0.717, 1.165) is 13.2 Å². The highest BCUT2D eigenvalue weighted by Gasteiger charge is 2.09. The highest BCUT2D eigenvalue weighted by atomic mass is 16.5. The van der Waals surface area contributed by atoms with Crippen LogP contribution in [0.4, 0.5) is 0 Å². The molecule has 1 aliphatic rings. The van der Waals surface area contributed by atoms with Crippen molar-refractivity contribution in [1.29, 1.82) is 0 Å². The Morgan fingerprint density at radius 2 is 2.56 bits per heavy atom. The molecule has 0 aliphatic carbocycles. The molecule has 53 valence electrons. The lowest BCUT2D eigenvalue weighted by atomic mass is 10.4. The van der Waals surface area contributed by atoms with Crippen molar-refractivity contribution in [3.05, 3.63) is 6.54 Å². The predicted octanol–water partition coefficient (Wildman–Crippen LogP) is 0.890. The molecule has 1 heterocycles. The Labute approximate surface area is 56.8 Å². The normalized spacial score (nSPS) is 21.0. The van der Waals surface area contributed by atoms with Gasteiger partial charge in [-0.2, -0.15) is 0 Å². The van der Waals surface area contributed by atoms with Crippen LogP contribution in [0.5, 0.6) is 0 Å². The highest BCUT2D eigenvalue weighted by Crippen LogP contribution is 2.10. The van der Waals surface area contributed by atoms with Gasteiger partial charge in [-0.3, -0.25) is 4.90 Å². The van der Waals surface area contributed by atoms with Crippen molar-refractivity contribution >= 4 is 0 Å². The number of methoxy groups -OCH3 is 1. The fraction of sp³-hybridized carbons (Fsp3) is 0.857. The summed E-state index contributed by atoms with van der Waals surface area (Å²) in [7, 11) is 1.75. The maximum absolute atomic E-state index is 4.94. The second-order valence-electron chi connectivity index (χ2n) is 2.35. The number of nitrogens with zero attached hydrogens (tertiary/aromatic N) is 1. The fourth-order valence-electron chi connectivity index (χ4n) is 1.07. The minimum Gasteiger partial charge on any atom is -0.383 e. The van der Waals surface area contributed by atoms with Crippen molar-refractivity contribution in [1.82, 2.24) is 4.90 Å². The first kappa shape index (κ1) is 7.03. The van der Waals surface area contributed by atoms with Crippen LogP contribution in [-0.4, -0.2) is 31.7 Å². The smallest absolute Gasteiger partial charge is 0.0589 e. The molecular weight excluding hydrogens is 114 g/mol. The lowest BCUT2D eigenvalue weighted by molar-refractivity contribution is 0.169. The zero-order valence-electron chi connectivity index (χ0n) is 5.97.